The van der Waals surface area contributed by atoms with Crippen LogP contribution < -0.4 is 9.80 Å². The summed E-state index contributed by atoms with van der Waals surface area (Å²) in [5.41, 5.74) is 31.8. The van der Waals surface area contributed by atoms with Crippen LogP contribution >= 0.6 is 0 Å². The van der Waals surface area contributed by atoms with Crippen molar-refractivity contribution in [1.29, 1.82) is 0 Å². The first kappa shape index (κ1) is 70.1. The van der Waals surface area contributed by atoms with E-state index in [0.29, 0.717) is 5.82 Å². The van der Waals surface area contributed by atoms with Crippen LogP contribution in [0.1, 0.15) is 49.9 Å². The summed E-state index contributed by atoms with van der Waals surface area (Å²) in [5.74, 6) is 2.30. The van der Waals surface area contributed by atoms with E-state index in [4.69, 9.17) is 15.0 Å². The predicted octanol–water partition coefficient (Wildman–Crippen LogP) is 29.9. The van der Waals surface area contributed by atoms with E-state index in [2.05, 4.69) is 453 Å². The van der Waals surface area contributed by atoms with Crippen molar-refractivity contribution >= 4 is 99.3 Å². The van der Waals surface area contributed by atoms with Crippen LogP contribution in [0.4, 0.5) is 34.1 Å². The third kappa shape index (κ3) is 11.3. The number of aromatic nitrogens is 5. The highest BCUT2D eigenvalue weighted by atomic mass is 15.2. The normalized spacial score (nSPS) is 13.3. The van der Waals surface area contributed by atoms with Gasteiger partial charge in [-0.3, -0.25) is 9.13 Å². The lowest BCUT2D eigenvalue weighted by Crippen LogP contribution is -2.30. The van der Waals surface area contributed by atoms with Crippen LogP contribution in [0.3, 0.4) is 0 Å². The third-order valence-electron chi connectivity index (χ3n) is 25.5. The smallest absolute Gasteiger partial charge is 0.162 e. The molecule has 23 rings (SSSR count). The average Bonchev–Trinajstić information content (AvgIpc) is 1.27. The Bertz CT molecular complexity index is 7640. The Kier molecular flexibility index (Phi) is 16.2. The van der Waals surface area contributed by atoms with Crippen molar-refractivity contribution in [3.8, 4) is 101 Å². The summed E-state index contributed by atoms with van der Waals surface area (Å²) in [5, 5.41) is 9.53. The lowest BCUT2D eigenvalue weighted by atomic mass is 9.72. The molecule has 0 radical (unpaired) electrons. The molecule has 0 saturated carbocycles. The molecule has 7 nitrogen and oxygen atoms in total. The summed E-state index contributed by atoms with van der Waals surface area (Å²) < 4.78 is 4.77. The second-order valence-electron chi connectivity index (χ2n) is 33.0. The van der Waals surface area contributed by atoms with Gasteiger partial charge in [-0.2, -0.15) is 0 Å². The quantitative estimate of drug-likeness (QED) is 0.122. The second-order valence-corrected chi connectivity index (χ2v) is 33.0. The molecule has 2 aliphatic rings. The summed E-state index contributed by atoms with van der Waals surface area (Å²) in [7, 11) is 0. The zero-order chi connectivity index (χ0) is 79.9. The van der Waals surface area contributed by atoms with E-state index in [9.17, 15) is 0 Å². The average molecular weight is 1530 g/mol. The molecule has 4 aromatic heterocycles. The third-order valence-corrected chi connectivity index (χ3v) is 25.5. The largest absolute Gasteiger partial charge is 0.310 e. The monoisotopic (exact) mass is 1530 g/mol. The highest BCUT2D eigenvalue weighted by Crippen LogP contribution is 2.57. The van der Waals surface area contributed by atoms with Gasteiger partial charge < -0.3 is 9.80 Å². The first-order chi connectivity index (χ1) is 59.0. The fourth-order valence-electron chi connectivity index (χ4n) is 19.6. The van der Waals surface area contributed by atoms with Crippen molar-refractivity contribution in [2.75, 3.05) is 9.80 Å². The van der Waals surface area contributed by atoms with Gasteiger partial charge in [0.2, 0.25) is 0 Å². The van der Waals surface area contributed by atoms with Gasteiger partial charge in [-0.1, -0.05) is 319 Å². The molecule has 2 aliphatic heterocycles. The number of fused-ring (bicyclic) bond motifs is 14. The summed E-state index contributed by atoms with van der Waals surface area (Å²) >= 11 is 0. The summed E-state index contributed by atoms with van der Waals surface area (Å²) in [6, 6.07) is 149. The van der Waals surface area contributed by atoms with E-state index in [0.717, 1.165) is 135 Å². The molecule has 0 atom stereocenters. The highest BCUT2D eigenvalue weighted by Gasteiger charge is 2.40. The Morgan fingerprint density at radius 3 is 1.13 bits per heavy atom. The van der Waals surface area contributed by atoms with Crippen molar-refractivity contribution in [1.82, 2.24) is 24.1 Å². The lowest BCUT2D eigenvalue weighted by molar-refractivity contribution is 0.632. The van der Waals surface area contributed by atoms with Gasteiger partial charge in [0.15, 0.2) is 5.82 Å². The van der Waals surface area contributed by atoms with Gasteiger partial charge >= 0.3 is 0 Å². The van der Waals surface area contributed by atoms with Gasteiger partial charge in [0.25, 0.3) is 0 Å². The van der Waals surface area contributed by atoms with E-state index in [1.165, 1.54) is 82.3 Å². The van der Waals surface area contributed by atoms with Crippen LogP contribution in [0.2, 0.25) is 0 Å². The van der Waals surface area contributed by atoms with Crippen molar-refractivity contribution in [3.05, 3.63) is 429 Å². The number of anilines is 6. The fraction of sp³-hybridized carbons (Fsp3) is 0.0531. The number of pyridine rings is 1. The predicted molar refractivity (Wildman–Crippen MR) is 501 cm³/mol. The van der Waals surface area contributed by atoms with E-state index >= 15 is 0 Å². The number of nitrogens with zero attached hydrogens (tertiary/aromatic N) is 7. The standard InChI is InChI=1S/C113H79N7/c1-112(2)91-47-24-25-48-97(91)117(85-39-16-8-17-40-85)99-61-58-82(67-93(99)112)89-46-28-50-102-110(89)108-88-44-23-21-32-75(88)56-64-104(108)120(102)106-71-96(77-35-14-7-15-36-77)115-111(116-106)78-53-51-73(52-54-78)79-37-26-38-80(65-79)81-57-60-98-92(66-81)113(3,4)94-68-83(59-62-100(94)118(98)86-41-18-9-19-42-86)90-45-27-49-101-109(90)107-87-43-22-20-31-74(87)55-63-103(107)119(101)105-70-84(72-29-10-5-11-30-72)69-95(114-105)76-33-12-6-13-34-76/h5-71H,1-4H3. The summed E-state index contributed by atoms with van der Waals surface area (Å²) in [6.45, 7) is 9.57. The molecule has 0 bridgehead atoms. The van der Waals surface area contributed by atoms with Crippen LogP contribution in [0.5, 0.6) is 0 Å². The van der Waals surface area contributed by atoms with Crippen LogP contribution in [0.15, 0.2) is 406 Å². The van der Waals surface area contributed by atoms with Crippen LogP contribution in [-0.2, 0) is 10.8 Å². The van der Waals surface area contributed by atoms with Gasteiger partial charge in [-0.25, -0.2) is 15.0 Å². The second kappa shape index (κ2) is 27.7. The van der Waals surface area contributed by atoms with Crippen molar-refractivity contribution in [2.24, 2.45) is 0 Å². The van der Waals surface area contributed by atoms with Gasteiger partial charge in [-0.15, -0.1) is 0 Å². The Morgan fingerprint density at radius 1 is 0.217 bits per heavy atom. The SMILES string of the molecule is CC1(C)c2cc(-c3cccc(-c4ccc(-c5nc(-c6ccccc6)cc(-n6c7cccc(-c8ccc9c(c8)C(C)(C)c8ccccc8N9c8ccccc8)c7c7c8ccccc8ccc76)n5)cc4)c3)ccc2N(c2ccccc2)c2ccc(-c3cccc4c3c3c5ccccc5ccc3n4-c3cc(-c4ccccc4)cc(-c4ccccc4)n3)cc21. The summed E-state index contributed by atoms with van der Waals surface area (Å²) in [6.07, 6.45) is 0. The molecule has 566 valence electrons. The highest BCUT2D eigenvalue weighted by molar-refractivity contribution is 6.27. The maximum atomic E-state index is 5.66. The Morgan fingerprint density at radius 2 is 0.592 bits per heavy atom. The van der Waals surface area contributed by atoms with E-state index in [1.807, 2.05) is 0 Å². The lowest BCUT2D eigenvalue weighted by Gasteiger charge is -2.42. The maximum absolute atomic E-state index is 5.66. The number of rotatable bonds is 12. The van der Waals surface area contributed by atoms with E-state index in [-0.39, 0.29) is 5.41 Å². The number of hydrogen-bond acceptors (Lipinski definition) is 5. The number of benzene rings is 17. The molecule has 0 N–H and O–H groups in total. The molecule has 0 fully saturated rings. The zero-order valence-electron chi connectivity index (χ0n) is 66.8. The van der Waals surface area contributed by atoms with Gasteiger partial charge in [-0.05, 0) is 209 Å². The minimum absolute atomic E-state index is 0.291. The molecular formula is C113H79N7. The molecule has 0 saturated heterocycles. The van der Waals surface area contributed by atoms with Gasteiger partial charge in [0.1, 0.15) is 11.6 Å². The topological polar surface area (TPSA) is 55.0 Å². The van der Waals surface area contributed by atoms with Crippen molar-refractivity contribution in [3.63, 3.8) is 0 Å². The minimum Gasteiger partial charge on any atom is -0.310 e. The molecule has 0 amide bonds. The fourth-order valence-corrected chi connectivity index (χ4v) is 19.6. The molecule has 17 aromatic carbocycles. The molecule has 0 unspecified atom stereocenters. The first-order valence-corrected chi connectivity index (χ1v) is 41.5. The van der Waals surface area contributed by atoms with E-state index < -0.39 is 5.41 Å². The van der Waals surface area contributed by atoms with Gasteiger partial charge in [0.05, 0.1) is 56.2 Å². The minimum atomic E-state index is -0.446. The first-order valence-electron chi connectivity index (χ1n) is 41.5. The van der Waals surface area contributed by atoms with Crippen LogP contribution in [0, 0.1) is 0 Å². The maximum Gasteiger partial charge on any atom is 0.162 e. The van der Waals surface area contributed by atoms with E-state index in [1.54, 1.807) is 0 Å². The Balaban J connectivity index is 0.617. The molecule has 120 heavy (non-hydrogen) atoms. The van der Waals surface area contributed by atoms with Crippen LogP contribution in [0.25, 0.3) is 166 Å². The van der Waals surface area contributed by atoms with Gasteiger partial charge in [0, 0.05) is 66.5 Å². The number of hydrogen-bond donors (Lipinski definition) is 0. The Hall–Kier alpha value is -15.3. The molecule has 21 aromatic rings. The van der Waals surface area contributed by atoms with Crippen molar-refractivity contribution < 1.29 is 0 Å². The molecule has 7 heteroatoms. The Labute approximate surface area is 697 Å². The number of para-hydroxylation sites is 3. The molecular weight excluding hydrogens is 1460 g/mol. The molecule has 0 aliphatic carbocycles. The van der Waals surface area contributed by atoms with Crippen molar-refractivity contribution in [2.45, 2.75) is 38.5 Å². The molecule has 0 spiro atoms. The zero-order valence-corrected chi connectivity index (χ0v) is 66.8. The van der Waals surface area contributed by atoms with Crippen LogP contribution in [-0.4, -0.2) is 24.1 Å². The summed E-state index contributed by atoms with van der Waals surface area (Å²) in [4.78, 5) is 21.6. The molecule has 6 heterocycles.